The molecule has 5 nitrogen and oxygen atoms in total. The number of alkyl halides is 3. The Balaban J connectivity index is 1.76. The van der Waals surface area contributed by atoms with Crippen molar-refractivity contribution in [3.05, 3.63) is 94.7 Å². The number of benzene rings is 2. The maximum absolute atomic E-state index is 13.2. The SMILES string of the molecule is C[C@H](c1ccccc1)n1cnc(=O)c2cc(Oc3ncccc3C(F)(F)F)ccc21. The monoisotopic (exact) mass is 411 g/mol. The molecule has 0 fully saturated rings. The van der Waals surface area contributed by atoms with Gasteiger partial charge < -0.3 is 9.30 Å². The summed E-state index contributed by atoms with van der Waals surface area (Å²) in [6, 6.07) is 16.2. The van der Waals surface area contributed by atoms with Crippen molar-refractivity contribution >= 4 is 10.9 Å². The summed E-state index contributed by atoms with van der Waals surface area (Å²) in [6.45, 7) is 1.97. The maximum Gasteiger partial charge on any atom is 0.421 e. The fourth-order valence-corrected chi connectivity index (χ4v) is 3.22. The summed E-state index contributed by atoms with van der Waals surface area (Å²) in [5, 5.41) is 0.238. The van der Waals surface area contributed by atoms with Crippen LogP contribution in [-0.2, 0) is 6.18 Å². The summed E-state index contributed by atoms with van der Waals surface area (Å²) in [6.07, 6.45) is -1.94. The summed E-state index contributed by atoms with van der Waals surface area (Å²) >= 11 is 0. The second-order valence-corrected chi connectivity index (χ2v) is 6.68. The molecule has 0 aliphatic rings. The number of nitrogens with zero attached hydrogens (tertiary/aromatic N) is 3. The highest BCUT2D eigenvalue weighted by Crippen LogP contribution is 2.37. The molecule has 2 aromatic carbocycles. The fraction of sp³-hybridized carbons (Fsp3) is 0.136. The molecule has 0 spiro atoms. The standard InChI is InChI=1S/C22H16F3N3O2/c1-14(15-6-3-2-4-7-15)28-13-27-20(29)17-12-16(9-10-19(17)28)30-21-18(22(23,24)25)8-5-11-26-21/h2-14H,1H3/t14-/m1/s1. The van der Waals surface area contributed by atoms with E-state index in [0.717, 1.165) is 11.6 Å². The van der Waals surface area contributed by atoms with E-state index in [4.69, 9.17) is 4.74 Å². The lowest BCUT2D eigenvalue weighted by atomic mass is 10.1. The number of ether oxygens (including phenoxy) is 1. The minimum absolute atomic E-state index is 0.0655. The van der Waals surface area contributed by atoms with Crippen molar-refractivity contribution in [2.45, 2.75) is 19.1 Å². The molecule has 8 heteroatoms. The first-order valence-electron chi connectivity index (χ1n) is 9.10. The molecule has 4 rings (SSSR count). The van der Waals surface area contributed by atoms with Gasteiger partial charge in [0.05, 0.1) is 23.3 Å². The Labute approximate surface area is 169 Å². The van der Waals surface area contributed by atoms with Gasteiger partial charge in [-0.2, -0.15) is 18.2 Å². The molecule has 152 valence electrons. The van der Waals surface area contributed by atoms with Gasteiger partial charge in [-0.3, -0.25) is 4.79 Å². The van der Waals surface area contributed by atoms with Crippen molar-refractivity contribution < 1.29 is 17.9 Å². The summed E-state index contributed by atoms with van der Waals surface area (Å²) in [7, 11) is 0. The van der Waals surface area contributed by atoms with Gasteiger partial charge in [-0.05, 0) is 42.8 Å². The van der Waals surface area contributed by atoms with Gasteiger partial charge in [-0.1, -0.05) is 30.3 Å². The van der Waals surface area contributed by atoms with Gasteiger partial charge in [0.25, 0.3) is 5.56 Å². The largest absolute Gasteiger partial charge is 0.438 e. The van der Waals surface area contributed by atoms with Crippen LogP contribution in [0, 0.1) is 0 Å². The van der Waals surface area contributed by atoms with Crippen LogP contribution in [0.5, 0.6) is 11.6 Å². The van der Waals surface area contributed by atoms with Crippen LogP contribution in [0.15, 0.2) is 78.0 Å². The Bertz CT molecular complexity index is 1250. The maximum atomic E-state index is 13.2. The van der Waals surface area contributed by atoms with E-state index in [1.54, 1.807) is 6.07 Å². The average Bonchev–Trinajstić information content (AvgIpc) is 2.74. The minimum atomic E-state index is -4.61. The van der Waals surface area contributed by atoms with Gasteiger partial charge in [0.2, 0.25) is 5.88 Å². The highest BCUT2D eigenvalue weighted by molar-refractivity contribution is 5.80. The number of halogens is 3. The number of pyridine rings is 1. The Morgan fingerprint density at radius 1 is 1.00 bits per heavy atom. The normalized spacial score (nSPS) is 12.7. The van der Waals surface area contributed by atoms with Crippen molar-refractivity contribution in [2.24, 2.45) is 0 Å². The zero-order chi connectivity index (χ0) is 21.3. The van der Waals surface area contributed by atoms with Gasteiger partial charge in [0.15, 0.2) is 0 Å². The Hall–Kier alpha value is -3.68. The first kappa shape index (κ1) is 19.6. The van der Waals surface area contributed by atoms with Gasteiger partial charge in [-0.25, -0.2) is 4.98 Å². The lowest BCUT2D eigenvalue weighted by molar-refractivity contribution is -0.138. The molecule has 0 aliphatic heterocycles. The van der Waals surface area contributed by atoms with Gasteiger partial charge in [0.1, 0.15) is 11.3 Å². The van der Waals surface area contributed by atoms with Crippen LogP contribution < -0.4 is 10.3 Å². The van der Waals surface area contributed by atoms with Crippen LogP contribution in [0.25, 0.3) is 10.9 Å². The first-order valence-corrected chi connectivity index (χ1v) is 9.10. The summed E-state index contributed by atoms with van der Waals surface area (Å²) in [5.41, 5.74) is 0.124. The van der Waals surface area contributed by atoms with Gasteiger partial charge in [0, 0.05) is 6.20 Å². The average molecular weight is 411 g/mol. The number of fused-ring (bicyclic) bond motifs is 1. The van der Waals surface area contributed by atoms with E-state index >= 15 is 0 Å². The van der Waals surface area contributed by atoms with Crippen molar-refractivity contribution in [3.63, 3.8) is 0 Å². The molecule has 30 heavy (non-hydrogen) atoms. The molecule has 0 radical (unpaired) electrons. The Morgan fingerprint density at radius 2 is 1.77 bits per heavy atom. The van der Waals surface area contributed by atoms with Crippen molar-refractivity contribution in [3.8, 4) is 11.6 Å². The third-order valence-corrected chi connectivity index (χ3v) is 4.77. The van der Waals surface area contributed by atoms with E-state index in [0.29, 0.717) is 5.52 Å². The molecule has 1 atom stereocenters. The van der Waals surface area contributed by atoms with Crippen molar-refractivity contribution in [1.29, 1.82) is 0 Å². The number of hydrogen-bond acceptors (Lipinski definition) is 4. The molecule has 0 aliphatic carbocycles. The molecule has 0 unspecified atom stereocenters. The van der Waals surface area contributed by atoms with Crippen LogP contribution in [0.1, 0.15) is 24.1 Å². The Kier molecular flexibility index (Phi) is 4.99. The quantitative estimate of drug-likeness (QED) is 0.463. The second kappa shape index (κ2) is 7.62. The lowest BCUT2D eigenvalue weighted by Crippen LogP contribution is -2.16. The van der Waals surface area contributed by atoms with Crippen LogP contribution >= 0.6 is 0 Å². The zero-order valence-corrected chi connectivity index (χ0v) is 15.8. The number of rotatable bonds is 4. The molecule has 2 heterocycles. The topological polar surface area (TPSA) is 57.0 Å². The molecular weight excluding hydrogens is 395 g/mol. The van der Waals surface area contributed by atoms with E-state index in [9.17, 15) is 18.0 Å². The van der Waals surface area contributed by atoms with Gasteiger partial charge >= 0.3 is 6.18 Å². The van der Waals surface area contributed by atoms with E-state index in [-0.39, 0.29) is 17.2 Å². The smallest absolute Gasteiger partial charge is 0.421 e. The zero-order valence-electron chi connectivity index (χ0n) is 15.8. The summed E-state index contributed by atoms with van der Waals surface area (Å²) in [4.78, 5) is 19.9. The molecule has 0 amide bonds. The predicted octanol–water partition coefficient (Wildman–Crippen LogP) is 5.21. The van der Waals surface area contributed by atoms with Crippen LogP contribution in [0.2, 0.25) is 0 Å². The minimum Gasteiger partial charge on any atom is -0.438 e. The molecule has 4 aromatic rings. The first-order chi connectivity index (χ1) is 14.3. The Morgan fingerprint density at radius 3 is 2.50 bits per heavy atom. The van der Waals surface area contributed by atoms with Crippen LogP contribution in [-0.4, -0.2) is 14.5 Å². The molecule has 0 N–H and O–H groups in total. The summed E-state index contributed by atoms with van der Waals surface area (Å²) in [5.74, 6) is -0.512. The number of aromatic nitrogens is 3. The van der Waals surface area contributed by atoms with Crippen LogP contribution in [0.3, 0.4) is 0 Å². The van der Waals surface area contributed by atoms with E-state index in [2.05, 4.69) is 9.97 Å². The van der Waals surface area contributed by atoms with E-state index < -0.39 is 23.2 Å². The molecule has 0 saturated heterocycles. The highest BCUT2D eigenvalue weighted by Gasteiger charge is 2.35. The number of hydrogen-bond donors (Lipinski definition) is 0. The van der Waals surface area contributed by atoms with Crippen molar-refractivity contribution in [1.82, 2.24) is 14.5 Å². The molecule has 0 saturated carbocycles. The predicted molar refractivity (Wildman–Crippen MR) is 106 cm³/mol. The highest BCUT2D eigenvalue weighted by atomic mass is 19.4. The fourth-order valence-electron chi connectivity index (χ4n) is 3.22. The third kappa shape index (κ3) is 3.76. The lowest BCUT2D eigenvalue weighted by Gasteiger charge is -2.19. The van der Waals surface area contributed by atoms with E-state index in [1.807, 2.05) is 41.8 Å². The van der Waals surface area contributed by atoms with Gasteiger partial charge in [-0.15, -0.1) is 0 Å². The molecule has 2 aromatic heterocycles. The van der Waals surface area contributed by atoms with Crippen molar-refractivity contribution in [2.75, 3.05) is 0 Å². The van der Waals surface area contributed by atoms with Crippen LogP contribution in [0.4, 0.5) is 13.2 Å². The second-order valence-electron chi connectivity index (χ2n) is 6.68. The third-order valence-electron chi connectivity index (χ3n) is 4.77. The van der Waals surface area contributed by atoms with E-state index in [1.165, 1.54) is 30.7 Å². The molecule has 0 bridgehead atoms. The summed E-state index contributed by atoms with van der Waals surface area (Å²) < 4.78 is 46.8. The molecular formula is C22H16F3N3O2.